The van der Waals surface area contributed by atoms with Crippen LogP contribution >= 0.6 is 0 Å². The molecular weight excluding hydrogens is 328 g/mol. The molecule has 26 heavy (non-hydrogen) atoms. The van der Waals surface area contributed by atoms with Crippen molar-refractivity contribution < 1.29 is 4.79 Å². The van der Waals surface area contributed by atoms with E-state index in [-0.39, 0.29) is 11.9 Å². The summed E-state index contributed by atoms with van der Waals surface area (Å²) in [6, 6.07) is 6.03. The molecule has 0 bridgehead atoms. The number of aromatic nitrogens is 2. The molecule has 1 aromatic carbocycles. The second-order valence-electron chi connectivity index (χ2n) is 6.35. The average Bonchev–Trinajstić information content (AvgIpc) is 2.97. The van der Waals surface area contributed by atoms with Crippen LogP contribution in [-0.4, -0.2) is 34.2 Å². The van der Waals surface area contributed by atoms with Crippen molar-refractivity contribution in [2.75, 3.05) is 16.8 Å². The quantitative estimate of drug-likeness (QED) is 0.807. The van der Waals surface area contributed by atoms with Crippen LogP contribution in [0.5, 0.6) is 0 Å². The molecule has 3 rings (SSSR count). The highest BCUT2D eigenvalue weighted by Gasteiger charge is 2.28. The van der Waals surface area contributed by atoms with Crippen molar-refractivity contribution in [2.45, 2.75) is 39.7 Å². The SMILES string of the molecule is CCN=C(C)/C(=C\N)Nc1ncc2ccc(N3C(=O)CCC3C)cc2n1. The van der Waals surface area contributed by atoms with E-state index in [1.54, 1.807) is 6.20 Å². The van der Waals surface area contributed by atoms with Gasteiger partial charge in [-0.1, -0.05) is 0 Å². The molecule has 1 aromatic heterocycles. The Balaban J connectivity index is 1.92. The molecule has 7 nitrogen and oxygen atoms in total. The maximum absolute atomic E-state index is 12.2. The van der Waals surface area contributed by atoms with Gasteiger partial charge in [-0.05, 0) is 45.4 Å². The lowest BCUT2D eigenvalue weighted by Crippen LogP contribution is -2.30. The molecule has 0 aliphatic carbocycles. The van der Waals surface area contributed by atoms with Crippen molar-refractivity contribution in [3.8, 4) is 0 Å². The highest BCUT2D eigenvalue weighted by Crippen LogP contribution is 2.28. The fourth-order valence-corrected chi connectivity index (χ4v) is 3.14. The van der Waals surface area contributed by atoms with Gasteiger partial charge in [0.15, 0.2) is 0 Å². The second kappa shape index (κ2) is 7.51. The van der Waals surface area contributed by atoms with Crippen LogP contribution < -0.4 is 16.0 Å². The number of allylic oxidation sites excluding steroid dienone is 1. The predicted molar refractivity (Wildman–Crippen MR) is 105 cm³/mol. The number of nitrogens with zero attached hydrogens (tertiary/aromatic N) is 4. The van der Waals surface area contributed by atoms with Crippen molar-refractivity contribution in [3.63, 3.8) is 0 Å². The fourth-order valence-electron chi connectivity index (χ4n) is 3.14. The molecule has 0 spiro atoms. The minimum Gasteiger partial charge on any atom is -0.403 e. The van der Waals surface area contributed by atoms with E-state index < -0.39 is 0 Å². The van der Waals surface area contributed by atoms with E-state index in [2.05, 4.69) is 27.2 Å². The first-order chi connectivity index (χ1) is 12.5. The number of amides is 1. The molecule has 136 valence electrons. The maximum Gasteiger partial charge on any atom is 0.227 e. The predicted octanol–water partition coefficient (Wildman–Crippen LogP) is 2.84. The normalized spacial score (nSPS) is 18.7. The van der Waals surface area contributed by atoms with E-state index in [4.69, 9.17) is 5.73 Å². The molecule has 0 radical (unpaired) electrons. The molecule has 1 aliphatic rings. The second-order valence-corrected chi connectivity index (χ2v) is 6.35. The largest absolute Gasteiger partial charge is 0.403 e. The van der Waals surface area contributed by atoms with Crippen molar-refractivity contribution in [1.82, 2.24) is 9.97 Å². The average molecular weight is 352 g/mol. The smallest absolute Gasteiger partial charge is 0.227 e. The minimum absolute atomic E-state index is 0.156. The summed E-state index contributed by atoms with van der Waals surface area (Å²) >= 11 is 0. The van der Waals surface area contributed by atoms with Crippen LogP contribution in [0.4, 0.5) is 11.6 Å². The zero-order valence-corrected chi connectivity index (χ0v) is 15.4. The molecule has 2 aromatic rings. The van der Waals surface area contributed by atoms with Crippen LogP contribution in [0.15, 0.2) is 41.3 Å². The summed E-state index contributed by atoms with van der Waals surface area (Å²) in [4.78, 5) is 27.3. The number of nitrogens with two attached hydrogens (primary N) is 1. The van der Waals surface area contributed by atoms with E-state index >= 15 is 0 Å². The lowest BCUT2D eigenvalue weighted by Gasteiger charge is -2.22. The van der Waals surface area contributed by atoms with Gasteiger partial charge in [0.2, 0.25) is 11.9 Å². The number of nitrogens with one attached hydrogen (secondary N) is 1. The Morgan fingerprint density at radius 2 is 2.31 bits per heavy atom. The zero-order valence-electron chi connectivity index (χ0n) is 15.4. The molecule has 1 unspecified atom stereocenters. The van der Waals surface area contributed by atoms with Crippen molar-refractivity contribution >= 4 is 34.2 Å². The van der Waals surface area contributed by atoms with Gasteiger partial charge >= 0.3 is 0 Å². The van der Waals surface area contributed by atoms with Crippen molar-refractivity contribution in [2.24, 2.45) is 10.7 Å². The van der Waals surface area contributed by atoms with Gasteiger partial charge in [0.25, 0.3) is 0 Å². The molecule has 1 aliphatic heterocycles. The van der Waals surface area contributed by atoms with Crippen molar-refractivity contribution in [1.29, 1.82) is 0 Å². The number of aliphatic imine (C=N–C) groups is 1. The van der Waals surface area contributed by atoms with Crippen LogP contribution in [0.1, 0.15) is 33.6 Å². The summed E-state index contributed by atoms with van der Waals surface area (Å²) in [5.74, 6) is 0.599. The Morgan fingerprint density at radius 1 is 1.50 bits per heavy atom. The van der Waals surface area contributed by atoms with E-state index in [1.165, 1.54) is 6.20 Å². The van der Waals surface area contributed by atoms with Crippen LogP contribution in [-0.2, 0) is 4.79 Å². The van der Waals surface area contributed by atoms with Gasteiger partial charge in [-0.25, -0.2) is 9.97 Å². The zero-order chi connectivity index (χ0) is 18.7. The van der Waals surface area contributed by atoms with Gasteiger partial charge in [-0.15, -0.1) is 0 Å². The van der Waals surface area contributed by atoms with Crippen LogP contribution in [0.3, 0.4) is 0 Å². The highest BCUT2D eigenvalue weighted by molar-refractivity contribution is 6.00. The van der Waals surface area contributed by atoms with Gasteiger partial charge in [0, 0.05) is 42.5 Å². The Morgan fingerprint density at radius 3 is 2.96 bits per heavy atom. The summed E-state index contributed by atoms with van der Waals surface area (Å²) in [5.41, 5.74) is 8.81. The van der Waals surface area contributed by atoms with Gasteiger partial charge in [0.1, 0.15) is 0 Å². The first kappa shape index (κ1) is 17.8. The van der Waals surface area contributed by atoms with Crippen LogP contribution in [0, 0.1) is 0 Å². The maximum atomic E-state index is 12.2. The summed E-state index contributed by atoms with van der Waals surface area (Å²) in [6.07, 6.45) is 4.69. The summed E-state index contributed by atoms with van der Waals surface area (Å²) in [5, 5.41) is 4.03. The fraction of sp³-hybridized carbons (Fsp3) is 0.368. The van der Waals surface area contributed by atoms with Gasteiger partial charge in [-0.3, -0.25) is 9.79 Å². The lowest BCUT2D eigenvalue weighted by molar-refractivity contribution is -0.117. The Hall–Kier alpha value is -2.96. The molecule has 3 N–H and O–H groups in total. The summed E-state index contributed by atoms with van der Waals surface area (Å²) in [6.45, 7) is 6.59. The van der Waals surface area contributed by atoms with Gasteiger partial charge in [-0.2, -0.15) is 0 Å². The van der Waals surface area contributed by atoms with E-state index in [9.17, 15) is 4.79 Å². The summed E-state index contributed by atoms with van der Waals surface area (Å²) in [7, 11) is 0. The third kappa shape index (κ3) is 3.51. The van der Waals surface area contributed by atoms with E-state index in [1.807, 2.05) is 36.9 Å². The first-order valence-electron chi connectivity index (χ1n) is 8.82. The van der Waals surface area contributed by atoms with Crippen LogP contribution in [0.2, 0.25) is 0 Å². The minimum atomic E-state index is 0.156. The van der Waals surface area contributed by atoms with Crippen LogP contribution in [0.25, 0.3) is 10.9 Å². The monoisotopic (exact) mass is 352 g/mol. The Bertz CT molecular complexity index is 889. The molecular formula is C19H24N6O. The first-order valence-corrected chi connectivity index (χ1v) is 8.82. The topological polar surface area (TPSA) is 96.5 Å². The van der Waals surface area contributed by atoms with Gasteiger partial charge < -0.3 is 16.0 Å². The molecule has 1 fully saturated rings. The summed E-state index contributed by atoms with van der Waals surface area (Å²) < 4.78 is 0. The van der Waals surface area contributed by atoms with Crippen molar-refractivity contribution in [3.05, 3.63) is 36.3 Å². The Kier molecular flexibility index (Phi) is 5.16. The molecule has 1 amide bonds. The number of benzene rings is 1. The molecule has 1 saturated heterocycles. The Labute approximate surface area is 153 Å². The number of hydrogen-bond acceptors (Lipinski definition) is 6. The van der Waals surface area contributed by atoms with E-state index in [0.717, 1.165) is 28.7 Å². The van der Waals surface area contributed by atoms with E-state index in [0.29, 0.717) is 24.6 Å². The number of fused-ring (bicyclic) bond motifs is 1. The number of carbonyl (C=O) groups excluding carboxylic acids is 1. The molecule has 2 heterocycles. The third-order valence-corrected chi connectivity index (χ3v) is 4.53. The highest BCUT2D eigenvalue weighted by atomic mass is 16.2. The van der Waals surface area contributed by atoms with Gasteiger partial charge in [0.05, 0.1) is 16.9 Å². The number of carbonyl (C=O) groups is 1. The number of rotatable bonds is 5. The lowest BCUT2D eigenvalue weighted by atomic mass is 10.2. The number of hydrogen-bond donors (Lipinski definition) is 2. The molecule has 7 heteroatoms. The molecule has 1 atom stereocenters. The number of anilines is 2. The molecule has 0 saturated carbocycles. The third-order valence-electron chi connectivity index (χ3n) is 4.53. The standard InChI is InChI=1S/C19H24N6O/c1-4-21-13(3)17(10-20)24-19-22-11-14-6-7-15(9-16(14)23-19)25-12(2)5-8-18(25)26/h6-7,9-12H,4-5,8,20H2,1-3H3,(H,22,23,24)/b17-10+,21-13?.